The molecule has 0 fully saturated rings. The first kappa shape index (κ1) is 10.7. The van der Waals surface area contributed by atoms with E-state index in [1.165, 1.54) is 10.2 Å². The summed E-state index contributed by atoms with van der Waals surface area (Å²) in [5, 5.41) is 9.13. The van der Waals surface area contributed by atoms with Crippen LogP contribution in [0.15, 0.2) is 30.5 Å². The molecule has 0 amide bonds. The van der Waals surface area contributed by atoms with E-state index in [-0.39, 0.29) is 6.61 Å². The van der Waals surface area contributed by atoms with Gasteiger partial charge < -0.3 is 4.74 Å². The molecule has 0 saturated heterocycles. The summed E-state index contributed by atoms with van der Waals surface area (Å²) in [6, 6.07) is 8.68. The highest BCUT2D eigenvalue weighted by Crippen LogP contribution is 2.26. The van der Waals surface area contributed by atoms with E-state index < -0.39 is 11.3 Å². The topological polar surface area (TPSA) is 75.2 Å². The Hall–Kier alpha value is -1.84. The predicted octanol–water partition coefficient (Wildman–Crippen LogP) is 1.53. The predicted molar refractivity (Wildman–Crippen MR) is 59.2 cm³/mol. The van der Waals surface area contributed by atoms with E-state index in [1.54, 1.807) is 24.3 Å². The minimum absolute atomic E-state index is 0.0491. The summed E-state index contributed by atoms with van der Waals surface area (Å²) < 4.78 is 26.4. The second-order valence-corrected chi connectivity index (χ2v) is 3.86. The third-order valence-corrected chi connectivity index (χ3v) is 2.77. The molecule has 5 nitrogen and oxygen atoms in total. The molecule has 1 atom stereocenters. The molecule has 1 heterocycles. The van der Waals surface area contributed by atoms with Crippen LogP contribution in [0.5, 0.6) is 5.75 Å². The molecule has 0 aliphatic carbocycles. The van der Waals surface area contributed by atoms with E-state index in [2.05, 4.69) is 0 Å². The molecule has 0 radical (unpaired) electrons. The van der Waals surface area contributed by atoms with E-state index >= 15 is 0 Å². The molecule has 82 valence electrons. The van der Waals surface area contributed by atoms with Gasteiger partial charge in [-0.1, -0.05) is 6.07 Å². The van der Waals surface area contributed by atoms with Crippen LogP contribution in [0.2, 0.25) is 0 Å². The van der Waals surface area contributed by atoms with Gasteiger partial charge in [0.05, 0.1) is 5.52 Å². The summed E-state index contributed by atoms with van der Waals surface area (Å²) in [5.41, 5.74) is 0.594. The Bertz CT molecular complexity index is 585. The molecular weight excluding hydrogens is 228 g/mol. The van der Waals surface area contributed by atoms with Crippen molar-refractivity contribution < 1.29 is 13.5 Å². The van der Waals surface area contributed by atoms with Gasteiger partial charge in [0, 0.05) is 11.6 Å². The largest absolute Gasteiger partial charge is 0.478 e. The lowest BCUT2D eigenvalue weighted by Crippen LogP contribution is -2.00. The number of aromatic nitrogens is 1. The van der Waals surface area contributed by atoms with Crippen LogP contribution < -0.4 is 4.74 Å². The first-order valence-corrected chi connectivity index (χ1v) is 5.51. The molecule has 6 heteroatoms. The number of nitrogens with zero attached hydrogens (tertiary/aromatic N) is 2. The minimum atomic E-state index is -2.09. The number of hydrogen-bond acceptors (Lipinski definition) is 3. The van der Waals surface area contributed by atoms with Crippen LogP contribution in [0.4, 0.5) is 0 Å². The van der Waals surface area contributed by atoms with Crippen molar-refractivity contribution in [2.24, 2.45) is 0 Å². The van der Waals surface area contributed by atoms with Crippen molar-refractivity contribution in [1.82, 2.24) is 3.97 Å². The summed E-state index contributed by atoms with van der Waals surface area (Å²) in [6.07, 6.45) is 1.50. The normalized spacial score (nSPS) is 12.2. The standard InChI is InChI=1S/C10H8N2O3S/c11-5-7-15-10-3-1-2-9-8(10)4-6-12(9)16(13)14/h1-4,6H,7H2,(H,13,14). The van der Waals surface area contributed by atoms with E-state index in [0.717, 1.165) is 0 Å². The Balaban J connectivity index is 2.54. The molecular formula is C10H8N2O3S. The molecule has 2 rings (SSSR count). The van der Waals surface area contributed by atoms with Gasteiger partial charge in [0.15, 0.2) is 6.61 Å². The molecule has 0 aliphatic rings. The first-order chi connectivity index (χ1) is 7.74. The number of rotatable bonds is 3. The van der Waals surface area contributed by atoms with Crippen LogP contribution in [-0.4, -0.2) is 19.3 Å². The van der Waals surface area contributed by atoms with Gasteiger partial charge in [-0.05, 0) is 18.2 Å². The van der Waals surface area contributed by atoms with Gasteiger partial charge in [-0.15, -0.1) is 0 Å². The fourth-order valence-corrected chi connectivity index (χ4v) is 1.98. The fraction of sp³-hybridized carbons (Fsp3) is 0.100. The van der Waals surface area contributed by atoms with Crippen molar-refractivity contribution in [3.8, 4) is 11.8 Å². The van der Waals surface area contributed by atoms with E-state index in [9.17, 15) is 4.21 Å². The fourth-order valence-electron chi connectivity index (χ4n) is 1.49. The summed E-state index contributed by atoms with van der Waals surface area (Å²) in [4.78, 5) is 0. The van der Waals surface area contributed by atoms with Gasteiger partial charge in [-0.3, -0.25) is 4.55 Å². The highest BCUT2D eigenvalue weighted by atomic mass is 32.2. The van der Waals surface area contributed by atoms with E-state index in [0.29, 0.717) is 16.7 Å². The maximum Gasteiger partial charge on any atom is 0.266 e. The van der Waals surface area contributed by atoms with Crippen molar-refractivity contribution in [1.29, 1.82) is 5.26 Å². The van der Waals surface area contributed by atoms with Crippen molar-refractivity contribution in [2.75, 3.05) is 6.61 Å². The summed E-state index contributed by atoms with van der Waals surface area (Å²) in [7, 11) is 0. The molecule has 16 heavy (non-hydrogen) atoms. The molecule has 0 saturated carbocycles. The van der Waals surface area contributed by atoms with E-state index in [1.807, 2.05) is 6.07 Å². The Morgan fingerprint density at radius 1 is 1.50 bits per heavy atom. The monoisotopic (exact) mass is 236 g/mol. The maximum atomic E-state index is 11.0. The average Bonchev–Trinajstić information content (AvgIpc) is 2.70. The highest BCUT2D eigenvalue weighted by molar-refractivity contribution is 7.77. The lowest BCUT2D eigenvalue weighted by atomic mass is 10.2. The van der Waals surface area contributed by atoms with Crippen LogP contribution in [0.3, 0.4) is 0 Å². The molecule has 1 unspecified atom stereocenters. The van der Waals surface area contributed by atoms with E-state index in [4.69, 9.17) is 14.6 Å². The molecule has 0 spiro atoms. The zero-order valence-electron chi connectivity index (χ0n) is 8.16. The number of hydrogen-bond donors (Lipinski definition) is 1. The quantitative estimate of drug-likeness (QED) is 0.820. The van der Waals surface area contributed by atoms with Gasteiger partial charge in [-0.2, -0.15) is 5.26 Å². The SMILES string of the molecule is N#CCOc1cccc2c1ccn2S(=O)O. The number of fused-ring (bicyclic) bond motifs is 1. The molecule has 1 aromatic heterocycles. The second kappa shape index (κ2) is 4.35. The van der Waals surface area contributed by atoms with Gasteiger partial charge >= 0.3 is 0 Å². The Morgan fingerprint density at radius 3 is 3.00 bits per heavy atom. The van der Waals surface area contributed by atoms with Crippen LogP contribution in [0.1, 0.15) is 0 Å². The Kier molecular flexibility index (Phi) is 2.90. The summed E-state index contributed by atoms with van der Waals surface area (Å²) in [5.74, 6) is 0.531. The number of ether oxygens (including phenoxy) is 1. The zero-order valence-corrected chi connectivity index (χ0v) is 8.98. The zero-order chi connectivity index (χ0) is 11.5. The highest BCUT2D eigenvalue weighted by Gasteiger charge is 2.08. The number of benzene rings is 1. The van der Waals surface area contributed by atoms with Crippen molar-refractivity contribution >= 4 is 22.2 Å². The van der Waals surface area contributed by atoms with Crippen molar-refractivity contribution in [3.05, 3.63) is 30.5 Å². The summed E-state index contributed by atoms with van der Waals surface area (Å²) >= 11 is -2.09. The second-order valence-electron chi connectivity index (χ2n) is 3.01. The van der Waals surface area contributed by atoms with Crippen molar-refractivity contribution in [2.45, 2.75) is 0 Å². The molecule has 0 aliphatic heterocycles. The first-order valence-electron chi connectivity index (χ1n) is 4.45. The molecule has 1 aromatic carbocycles. The summed E-state index contributed by atoms with van der Waals surface area (Å²) in [6.45, 7) is -0.0491. The lowest BCUT2D eigenvalue weighted by molar-refractivity contribution is 0.372. The van der Waals surface area contributed by atoms with Crippen LogP contribution >= 0.6 is 0 Å². The van der Waals surface area contributed by atoms with Gasteiger partial charge in [0.2, 0.25) is 0 Å². The maximum absolute atomic E-state index is 11.0. The van der Waals surface area contributed by atoms with Gasteiger partial charge in [0.1, 0.15) is 11.8 Å². The minimum Gasteiger partial charge on any atom is -0.478 e. The van der Waals surface area contributed by atoms with Crippen LogP contribution in [0.25, 0.3) is 10.9 Å². The smallest absolute Gasteiger partial charge is 0.266 e. The molecule has 2 aromatic rings. The molecule has 0 bridgehead atoms. The lowest BCUT2D eigenvalue weighted by Gasteiger charge is -2.03. The van der Waals surface area contributed by atoms with Gasteiger partial charge in [0.25, 0.3) is 11.3 Å². The third kappa shape index (κ3) is 1.78. The van der Waals surface area contributed by atoms with Crippen molar-refractivity contribution in [3.63, 3.8) is 0 Å². The van der Waals surface area contributed by atoms with Crippen LogP contribution in [0, 0.1) is 11.3 Å². The number of nitriles is 1. The Labute approximate surface area is 94.3 Å². The Morgan fingerprint density at radius 2 is 2.31 bits per heavy atom. The average molecular weight is 236 g/mol. The van der Waals surface area contributed by atoms with Gasteiger partial charge in [-0.25, -0.2) is 8.18 Å². The third-order valence-electron chi connectivity index (χ3n) is 2.12. The van der Waals surface area contributed by atoms with Crippen LogP contribution in [-0.2, 0) is 11.3 Å². The molecule has 1 N–H and O–H groups in total.